The van der Waals surface area contributed by atoms with Crippen LogP contribution in [0.25, 0.3) is 11.1 Å². The Labute approximate surface area is 258 Å². The van der Waals surface area contributed by atoms with Crippen LogP contribution in [0.15, 0.2) is 72.8 Å². The molecular formula is C36H43F3O5. The SMILES string of the molecule is CCCCCCCCOc1ccc(-c2ccc(OC(=O)c3ccc(C(=O)O[C@H](CCCCCC)C(F)(F)F)cc3)cc2)cc1. The Hall–Kier alpha value is -3.81. The third-order valence-electron chi connectivity index (χ3n) is 7.31. The van der Waals surface area contributed by atoms with Crippen LogP contribution in [0.5, 0.6) is 11.5 Å². The lowest BCUT2D eigenvalue weighted by Gasteiger charge is -2.20. The number of hydrogen-bond acceptors (Lipinski definition) is 5. The number of ether oxygens (including phenoxy) is 3. The van der Waals surface area contributed by atoms with Gasteiger partial charge in [-0.2, -0.15) is 13.2 Å². The maximum atomic E-state index is 13.4. The predicted molar refractivity (Wildman–Crippen MR) is 166 cm³/mol. The molecule has 1 atom stereocenters. The van der Waals surface area contributed by atoms with E-state index in [2.05, 4.69) is 6.92 Å². The first kappa shape index (κ1) is 34.7. The normalized spacial score (nSPS) is 12.0. The van der Waals surface area contributed by atoms with Crippen LogP contribution < -0.4 is 9.47 Å². The Bertz CT molecular complexity index is 1270. The van der Waals surface area contributed by atoms with Gasteiger partial charge in [0.1, 0.15) is 11.5 Å². The van der Waals surface area contributed by atoms with E-state index in [9.17, 15) is 22.8 Å². The van der Waals surface area contributed by atoms with Crippen molar-refractivity contribution in [2.75, 3.05) is 6.61 Å². The fourth-order valence-electron chi connectivity index (χ4n) is 4.68. The second-order valence-electron chi connectivity index (χ2n) is 10.9. The van der Waals surface area contributed by atoms with Crippen LogP contribution in [0.1, 0.15) is 105 Å². The van der Waals surface area contributed by atoms with Gasteiger partial charge in [-0.1, -0.05) is 89.5 Å². The molecule has 238 valence electrons. The zero-order valence-corrected chi connectivity index (χ0v) is 25.7. The van der Waals surface area contributed by atoms with E-state index >= 15 is 0 Å². The van der Waals surface area contributed by atoms with Gasteiger partial charge in [-0.25, -0.2) is 9.59 Å². The highest BCUT2D eigenvalue weighted by Crippen LogP contribution is 2.29. The summed E-state index contributed by atoms with van der Waals surface area (Å²) < 4.78 is 56.2. The molecule has 0 spiro atoms. The fourth-order valence-corrected chi connectivity index (χ4v) is 4.68. The smallest absolute Gasteiger partial charge is 0.425 e. The van der Waals surface area contributed by atoms with E-state index in [1.165, 1.54) is 56.4 Å². The molecule has 0 N–H and O–H groups in total. The Morgan fingerprint density at radius 3 is 1.64 bits per heavy atom. The molecule has 0 saturated carbocycles. The Balaban J connectivity index is 1.49. The number of halogens is 3. The van der Waals surface area contributed by atoms with Crippen molar-refractivity contribution in [1.29, 1.82) is 0 Å². The number of rotatable bonds is 18. The van der Waals surface area contributed by atoms with E-state index in [1.807, 2.05) is 43.3 Å². The van der Waals surface area contributed by atoms with Crippen LogP contribution in [-0.4, -0.2) is 30.8 Å². The van der Waals surface area contributed by atoms with Crippen molar-refractivity contribution in [2.24, 2.45) is 0 Å². The monoisotopic (exact) mass is 612 g/mol. The average Bonchev–Trinajstić information content (AvgIpc) is 3.02. The first-order valence-corrected chi connectivity index (χ1v) is 15.6. The molecule has 0 heterocycles. The third kappa shape index (κ3) is 11.7. The molecule has 0 bridgehead atoms. The van der Waals surface area contributed by atoms with Gasteiger partial charge >= 0.3 is 18.1 Å². The molecule has 0 amide bonds. The zero-order valence-electron chi connectivity index (χ0n) is 25.7. The van der Waals surface area contributed by atoms with Gasteiger partial charge in [0, 0.05) is 0 Å². The summed E-state index contributed by atoms with van der Waals surface area (Å²) in [5.74, 6) is -0.587. The van der Waals surface area contributed by atoms with Crippen molar-refractivity contribution in [3.8, 4) is 22.6 Å². The van der Waals surface area contributed by atoms with Gasteiger partial charge in [-0.05, 0) is 78.9 Å². The minimum atomic E-state index is -4.65. The van der Waals surface area contributed by atoms with Crippen LogP contribution in [0, 0.1) is 0 Å². The van der Waals surface area contributed by atoms with Crippen molar-refractivity contribution < 1.29 is 37.0 Å². The Morgan fingerprint density at radius 1 is 0.614 bits per heavy atom. The lowest BCUT2D eigenvalue weighted by Crippen LogP contribution is -2.33. The zero-order chi connectivity index (χ0) is 31.8. The molecule has 0 aromatic heterocycles. The summed E-state index contributed by atoms with van der Waals surface area (Å²) in [4.78, 5) is 25.0. The second-order valence-corrected chi connectivity index (χ2v) is 10.9. The summed E-state index contributed by atoms with van der Waals surface area (Å²) in [6.45, 7) is 4.88. The Kier molecular flexibility index (Phi) is 14.3. The van der Waals surface area contributed by atoms with E-state index < -0.39 is 24.2 Å². The van der Waals surface area contributed by atoms with Gasteiger partial charge < -0.3 is 14.2 Å². The van der Waals surface area contributed by atoms with Gasteiger partial charge in [0.15, 0.2) is 6.10 Å². The minimum absolute atomic E-state index is 0.0764. The lowest BCUT2D eigenvalue weighted by atomic mass is 10.1. The van der Waals surface area contributed by atoms with Crippen LogP contribution in [0.2, 0.25) is 0 Å². The van der Waals surface area contributed by atoms with E-state index in [0.717, 1.165) is 36.1 Å². The summed E-state index contributed by atoms with van der Waals surface area (Å²) in [6.07, 6.45) is 2.87. The molecule has 0 fully saturated rings. The predicted octanol–water partition coefficient (Wildman–Crippen LogP) is 10.4. The maximum absolute atomic E-state index is 13.4. The number of esters is 2. The highest BCUT2D eigenvalue weighted by atomic mass is 19.4. The standard InChI is InChI=1S/C36H43F3O5/c1-3-5-7-9-10-12-26-42-31-22-18-27(19-23-31)28-20-24-32(25-21-28)43-34(40)29-14-16-30(17-15-29)35(41)44-33(36(37,38)39)13-11-8-6-4-2/h14-25,33H,3-13,26H2,1-2H3/t33-/m1/s1. The number of hydrogen-bond donors (Lipinski definition) is 0. The molecule has 0 saturated heterocycles. The van der Waals surface area contributed by atoms with Crippen molar-refractivity contribution >= 4 is 11.9 Å². The van der Waals surface area contributed by atoms with Gasteiger partial charge in [-0.15, -0.1) is 0 Å². The summed E-state index contributed by atoms with van der Waals surface area (Å²) in [6, 6.07) is 20.1. The summed E-state index contributed by atoms with van der Waals surface area (Å²) in [7, 11) is 0. The van der Waals surface area contributed by atoms with Crippen LogP contribution >= 0.6 is 0 Å². The van der Waals surface area contributed by atoms with Crippen molar-refractivity contribution in [3.63, 3.8) is 0 Å². The topological polar surface area (TPSA) is 61.8 Å². The number of benzene rings is 3. The molecule has 0 radical (unpaired) electrons. The summed E-state index contributed by atoms with van der Waals surface area (Å²) in [5.41, 5.74) is 2.00. The highest BCUT2D eigenvalue weighted by molar-refractivity contribution is 5.94. The average molecular weight is 613 g/mol. The van der Waals surface area contributed by atoms with Crippen LogP contribution in [0.3, 0.4) is 0 Å². The van der Waals surface area contributed by atoms with E-state index in [0.29, 0.717) is 25.2 Å². The first-order valence-electron chi connectivity index (χ1n) is 15.6. The molecule has 3 aromatic rings. The maximum Gasteiger partial charge on any atom is 0.425 e. The second kappa shape index (κ2) is 18.1. The summed E-state index contributed by atoms with van der Waals surface area (Å²) >= 11 is 0. The molecule has 0 aliphatic carbocycles. The third-order valence-corrected chi connectivity index (χ3v) is 7.31. The quantitative estimate of drug-likeness (QED) is 0.0813. The molecule has 8 heteroatoms. The first-order chi connectivity index (χ1) is 21.2. The van der Waals surface area contributed by atoms with Crippen LogP contribution in [-0.2, 0) is 4.74 Å². The van der Waals surface area contributed by atoms with E-state index in [-0.39, 0.29) is 17.5 Å². The summed E-state index contributed by atoms with van der Waals surface area (Å²) in [5, 5.41) is 0. The van der Waals surface area contributed by atoms with Gasteiger partial charge in [-0.3, -0.25) is 0 Å². The Morgan fingerprint density at radius 2 is 1.09 bits per heavy atom. The molecule has 0 aliphatic rings. The lowest BCUT2D eigenvalue weighted by molar-refractivity contribution is -0.206. The number of unbranched alkanes of at least 4 members (excludes halogenated alkanes) is 8. The molecule has 3 aromatic carbocycles. The molecule has 0 aliphatic heterocycles. The molecular weight excluding hydrogens is 569 g/mol. The van der Waals surface area contributed by atoms with Crippen molar-refractivity contribution in [1.82, 2.24) is 0 Å². The number of carbonyl (C=O) groups is 2. The van der Waals surface area contributed by atoms with Crippen molar-refractivity contribution in [2.45, 2.75) is 96.8 Å². The molecule has 3 rings (SSSR count). The fraction of sp³-hybridized carbons (Fsp3) is 0.444. The van der Waals surface area contributed by atoms with Gasteiger partial charge in [0.25, 0.3) is 0 Å². The largest absolute Gasteiger partial charge is 0.494 e. The van der Waals surface area contributed by atoms with Gasteiger partial charge in [0.05, 0.1) is 17.7 Å². The molecule has 0 unspecified atom stereocenters. The van der Waals surface area contributed by atoms with Crippen molar-refractivity contribution in [3.05, 3.63) is 83.9 Å². The van der Waals surface area contributed by atoms with E-state index in [1.54, 1.807) is 12.1 Å². The number of carbonyl (C=O) groups excluding carboxylic acids is 2. The molecule has 44 heavy (non-hydrogen) atoms. The van der Waals surface area contributed by atoms with Crippen LogP contribution in [0.4, 0.5) is 13.2 Å². The minimum Gasteiger partial charge on any atom is -0.494 e. The highest BCUT2D eigenvalue weighted by Gasteiger charge is 2.42. The number of alkyl halides is 3. The van der Waals surface area contributed by atoms with E-state index in [4.69, 9.17) is 14.2 Å². The molecule has 5 nitrogen and oxygen atoms in total. The van der Waals surface area contributed by atoms with Gasteiger partial charge in [0.2, 0.25) is 0 Å².